The number of hydrogen-bond donors (Lipinski definition) is 2. The van der Waals surface area contributed by atoms with Crippen molar-refractivity contribution in [2.24, 2.45) is 5.92 Å². The normalized spacial score (nSPS) is 16.6. The SMILES string of the molecule is C.C[Si](C)(C)CCOCn1nc(-c2nn[nH]n2)c2cc(NC(=O)[C@@H]3CCN(CC(=O)N4CCN(c5ccc(-c6ncccn6)cc5)CC4)C3)ccc21. The molecular formula is C36H48N12O3Si. The Bertz CT molecular complexity index is 1940. The van der Waals surface area contributed by atoms with Gasteiger partial charge < -0.3 is 19.9 Å². The predicted molar refractivity (Wildman–Crippen MR) is 203 cm³/mol. The average molecular weight is 725 g/mol. The van der Waals surface area contributed by atoms with Crippen molar-refractivity contribution in [2.45, 2.75) is 46.3 Å². The Balaban J connectivity index is 0.00000464. The summed E-state index contributed by atoms with van der Waals surface area (Å²) < 4.78 is 7.77. The van der Waals surface area contributed by atoms with Crippen LogP contribution < -0.4 is 10.2 Å². The van der Waals surface area contributed by atoms with Crippen LogP contribution in [-0.2, 0) is 21.1 Å². The zero-order valence-electron chi connectivity index (χ0n) is 29.3. The second-order valence-electron chi connectivity index (χ2n) is 14.4. The molecule has 2 aromatic carbocycles. The molecule has 2 aliphatic heterocycles. The van der Waals surface area contributed by atoms with Gasteiger partial charge in [0, 0.05) is 82.1 Å². The first-order chi connectivity index (χ1) is 24.7. The lowest BCUT2D eigenvalue weighted by atomic mass is 10.1. The van der Waals surface area contributed by atoms with Crippen molar-refractivity contribution < 1.29 is 14.3 Å². The zero-order valence-corrected chi connectivity index (χ0v) is 30.3. The highest BCUT2D eigenvalue weighted by Gasteiger charge is 2.31. The van der Waals surface area contributed by atoms with Crippen LogP contribution in [0.3, 0.4) is 0 Å². The van der Waals surface area contributed by atoms with Crippen LogP contribution in [0.5, 0.6) is 0 Å². The summed E-state index contributed by atoms with van der Waals surface area (Å²) in [5, 5.41) is 23.1. The van der Waals surface area contributed by atoms with E-state index < -0.39 is 8.07 Å². The van der Waals surface area contributed by atoms with Crippen LogP contribution in [0.2, 0.25) is 25.7 Å². The van der Waals surface area contributed by atoms with Crippen molar-refractivity contribution in [1.82, 2.24) is 50.2 Å². The van der Waals surface area contributed by atoms with Gasteiger partial charge in [0.05, 0.1) is 18.0 Å². The fraction of sp³-hybridized carbons (Fsp3) is 0.444. The molecule has 15 nitrogen and oxygen atoms in total. The minimum absolute atomic E-state index is 0. The Hall–Kier alpha value is -5.06. The molecule has 2 N–H and O–H groups in total. The van der Waals surface area contributed by atoms with Gasteiger partial charge in [-0.3, -0.25) is 14.5 Å². The molecule has 3 aromatic heterocycles. The van der Waals surface area contributed by atoms with Gasteiger partial charge in [-0.1, -0.05) is 27.1 Å². The second-order valence-corrected chi connectivity index (χ2v) is 20.0. The summed E-state index contributed by atoms with van der Waals surface area (Å²) in [6.45, 7) is 12.3. The maximum atomic E-state index is 13.4. The molecule has 0 radical (unpaired) electrons. The van der Waals surface area contributed by atoms with Crippen molar-refractivity contribution >= 4 is 42.2 Å². The molecule has 0 spiro atoms. The molecule has 274 valence electrons. The lowest BCUT2D eigenvalue weighted by Gasteiger charge is -2.36. The number of fused-ring (bicyclic) bond motifs is 1. The molecular weight excluding hydrogens is 677 g/mol. The molecule has 0 unspecified atom stereocenters. The number of tetrazole rings is 1. The van der Waals surface area contributed by atoms with E-state index in [1.165, 1.54) is 0 Å². The van der Waals surface area contributed by atoms with Crippen molar-refractivity contribution in [3.05, 3.63) is 60.9 Å². The molecule has 2 aliphatic rings. The van der Waals surface area contributed by atoms with Crippen LogP contribution in [0, 0.1) is 5.92 Å². The number of nitrogens with one attached hydrogen (secondary N) is 2. The molecule has 7 rings (SSSR count). The maximum Gasteiger partial charge on any atom is 0.236 e. The van der Waals surface area contributed by atoms with Gasteiger partial charge in [0.1, 0.15) is 12.4 Å². The molecule has 0 saturated carbocycles. The molecule has 16 heteroatoms. The van der Waals surface area contributed by atoms with Gasteiger partial charge >= 0.3 is 0 Å². The van der Waals surface area contributed by atoms with Crippen molar-refractivity contribution in [3.8, 4) is 22.9 Å². The van der Waals surface area contributed by atoms with Crippen LogP contribution in [0.15, 0.2) is 60.9 Å². The van der Waals surface area contributed by atoms with Gasteiger partial charge in [0.15, 0.2) is 5.82 Å². The third kappa shape index (κ3) is 8.69. The van der Waals surface area contributed by atoms with E-state index >= 15 is 0 Å². The summed E-state index contributed by atoms with van der Waals surface area (Å²) in [4.78, 5) is 41.6. The third-order valence-electron chi connectivity index (χ3n) is 9.48. The van der Waals surface area contributed by atoms with Gasteiger partial charge in [-0.05, 0) is 72.8 Å². The number of H-pyrrole nitrogens is 1. The van der Waals surface area contributed by atoms with E-state index in [0.717, 1.165) is 41.3 Å². The van der Waals surface area contributed by atoms with Crippen LogP contribution in [0.4, 0.5) is 11.4 Å². The Kier molecular flexibility index (Phi) is 11.4. The molecule has 0 aliphatic carbocycles. The summed E-state index contributed by atoms with van der Waals surface area (Å²) in [5.41, 5.74) is 4.17. The predicted octanol–water partition coefficient (Wildman–Crippen LogP) is 4.23. The van der Waals surface area contributed by atoms with Crippen molar-refractivity contribution in [2.75, 3.05) is 62.6 Å². The molecule has 52 heavy (non-hydrogen) atoms. The number of amides is 2. The largest absolute Gasteiger partial charge is 0.368 e. The summed E-state index contributed by atoms with van der Waals surface area (Å²) in [7, 11) is -1.22. The molecule has 1 atom stereocenters. The quantitative estimate of drug-likeness (QED) is 0.140. The fourth-order valence-electron chi connectivity index (χ4n) is 6.52. The van der Waals surface area contributed by atoms with Crippen LogP contribution in [0.25, 0.3) is 33.8 Å². The highest BCUT2D eigenvalue weighted by molar-refractivity contribution is 6.76. The lowest BCUT2D eigenvalue weighted by molar-refractivity contribution is -0.132. The Labute approximate surface area is 304 Å². The number of nitrogens with zero attached hydrogens (tertiary/aromatic N) is 10. The van der Waals surface area contributed by atoms with E-state index in [2.05, 4.69) is 77.5 Å². The minimum Gasteiger partial charge on any atom is -0.368 e. The van der Waals surface area contributed by atoms with Gasteiger partial charge in [0.2, 0.25) is 17.6 Å². The number of aromatic amines is 1. The number of aromatic nitrogens is 8. The summed E-state index contributed by atoms with van der Waals surface area (Å²) in [5.74, 6) is 0.902. The number of carbonyl (C=O) groups excluding carboxylic acids is 2. The number of hydrogen-bond acceptors (Lipinski definition) is 11. The number of anilines is 2. The lowest BCUT2D eigenvalue weighted by Crippen LogP contribution is -2.51. The second kappa shape index (κ2) is 16.1. The number of rotatable bonds is 12. The van der Waals surface area contributed by atoms with Crippen LogP contribution >= 0.6 is 0 Å². The monoisotopic (exact) mass is 724 g/mol. The van der Waals surface area contributed by atoms with Gasteiger partial charge in [0.25, 0.3) is 0 Å². The van der Waals surface area contributed by atoms with Crippen molar-refractivity contribution in [3.63, 3.8) is 0 Å². The number of benzene rings is 2. The molecule has 2 saturated heterocycles. The molecule has 5 heterocycles. The van der Waals surface area contributed by atoms with E-state index in [1.807, 2.05) is 35.2 Å². The van der Waals surface area contributed by atoms with E-state index in [-0.39, 0.29) is 25.2 Å². The Morgan fingerprint density at radius 1 is 0.981 bits per heavy atom. The summed E-state index contributed by atoms with van der Waals surface area (Å²) in [6, 6.07) is 16.8. The molecule has 0 bridgehead atoms. The number of ether oxygens (including phenoxy) is 1. The first kappa shape index (κ1) is 36.7. The van der Waals surface area contributed by atoms with E-state index in [9.17, 15) is 9.59 Å². The number of likely N-dealkylation sites (tertiary alicyclic amines) is 1. The summed E-state index contributed by atoms with van der Waals surface area (Å²) >= 11 is 0. The minimum atomic E-state index is -1.22. The third-order valence-corrected chi connectivity index (χ3v) is 11.2. The smallest absolute Gasteiger partial charge is 0.236 e. The maximum absolute atomic E-state index is 13.4. The Morgan fingerprint density at radius 3 is 2.46 bits per heavy atom. The van der Waals surface area contributed by atoms with Gasteiger partial charge in [-0.15, -0.1) is 10.2 Å². The van der Waals surface area contributed by atoms with Crippen molar-refractivity contribution in [1.29, 1.82) is 0 Å². The van der Waals surface area contributed by atoms with Crippen LogP contribution in [0.1, 0.15) is 13.8 Å². The van der Waals surface area contributed by atoms with Gasteiger partial charge in [-0.25, -0.2) is 14.6 Å². The van der Waals surface area contributed by atoms with E-state index in [1.54, 1.807) is 23.1 Å². The molecule has 2 fully saturated rings. The number of carbonyl (C=O) groups is 2. The van der Waals surface area contributed by atoms with Gasteiger partial charge in [-0.2, -0.15) is 10.3 Å². The van der Waals surface area contributed by atoms with E-state index in [4.69, 9.17) is 9.84 Å². The standard InChI is InChI=1S/C35H44N12O3Si.CH4/c1-51(2,3)20-19-50-24-47-30-10-7-27(21-29(30)32(41-47)34-39-42-43-40-34)38-35(49)26-11-14-44(22-26)23-31(48)46-17-15-45(16-18-46)28-8-5-25(6-9-28)33-36-12-4-13-37-33;/h4-10,12-13,21,26H,11,14-20,22-24H2,1-3H3,(H,38,49)(H,39,40,42,43);1H4/t26-;/m1./s1. The highest BCUT2D eigenvalue weighted by Crippen LogP contribution is 2.29. The van der Waals surface area contributed by atoms with E-state index in [0.29, 0.717) is 75.5 Å². The average Bonchev–Trinajstić information content (AvgIpc) is 3.91. The molecule has 5 aromatic rings. The zero-order chi connectivity index (χ0) is 35.4. The topological polar surface area (TPSA) is 163 Å². The summed E-state index contributed by atoms with van der Waals surface area (Å²) in [6.07, 6.45) is 4.18. The number of piperazine rings is 1. The highest BCUT2D eigenvalue weighted by atomic mass is 28.3. The first-order valence-electron chi connectivity index (χ1n) is 17.5. The fourth-order valence-corrected chi connectivity index (χ4v) is 7.28. The van der Waals surface area contributed by atoms with Crippen LogP contribution in [-0.4, -0.2) is 122 Å². The first-order valence-corrected chi connectivity index (χ1v) is 21.2. The molecule has 2 amide bonds. The Morgan fingerprint density at radius 2 is 1.75 bits per heavy atom.